The summed E-state index contributed by atoms with van der Waals surface area (Å²) in [6.45, 7) is 2.79. The van der Waals surface area contributed by atoms with Crippen molar-refractivity contribution in [1.29, 1.82) is 0 Å². The highest BCUT2D eigenvalue weighted by atomic mass is 32.2. The minimum Gasteiger partial charge on any atom is -0.464 e. The Morgan fingerprint density at radius 3 is 2.94 bits per heavy atom. The highest BCUT2D eigenvalue weighted by molar-refractivity contribution is 7.84. The summed E-state index contributed by atoms with van der Waals surface area (Å²) in [5, 5.41) is 4.50. The Hall–Kier alpha value is -1.13. The summed E-state index contributed by atoms with van der Waals surface area (Å²) in [6.07, 6.45) is 3.51. The van der Waals surface area contributed by atoms with E-state index in [9.17, 15) is 4.21 Å². The van der Waals surface area contributed by atoms with Crippen LogP contribution < -0.4 is 5.32 Å². The first-order chi connectivity index (χ1) is 8.16. The smallest absolute Gasteiger partial charge is 0.134 e. The lowest BCUT2D eigenvalue weighted by Gasteiger charge is -2.11. The first-order valence-electron chi connectivity index (χ1n) is 5.65. The average molecular weight is 251 g/mol. The van der Waals surface area contributed by atoms with Gasteiger partial charge in [-0.25, -0.2) is 0 Å². The van der Waals surface area contributed by atoms with Crippen molar-refractivity contribution in [3.05, 3.63) is 36.1 Å². The van der Waals surface area contributed by atoms with Crippen molar-refractivity contribution in [3.8, 4) is 0 Å². The zero-order chi connectivity index (χ0) is 12.3. The number of hydrogen-bond acceptors (Lipinski definition) is 3. The van der Waals surface area contributed by atoms with Gasteiger partial charge in [0.1, 0.15) is 5.58 Å². The van der Waals surface area contributed by atoms with Crippen LogP contribution >= 0.6 is 0 Å². The molecule has 1 aromatic carbocycles. The molecule has 0 aliphatic carbocycles. The van der Waals surface area contributed by atoms with E-state index in [-0.39, 0.29) is 6.04 Å². The highest BCUT2D eigenvalue weighted by Gasteiger charge is 2.07. The minimum absolute atomic E-state index is 0.245. The van der Waals surface area contributed by atoms with E-state index in [1.807, 2.05) is 25.1 Å². The summed E-state index contributed by atoms with van der Waals surface area (Å²) >= 11 is 0. The van der Waals surface area contributed by atoms with E-state index in [1.54, 1.807) is 12.5 Å². The van der Waals surface area contributed by atoms with Crippen molar-refractivity contribution in [2.45, 2.75) is 19.5 Å². The Bertz CT molecular complexity index is 521. The SMILES string of the molecule is CC(CS(C)=O)NCc1coc2ccccc12. The monoisotopic (exact) mass is 251 g/mol. The summed E-state index contributed by atoms with van der Waals surface area (Å²) in [5.74, 6) is 0.676. The van der Waals surface area contributed by atoms with Crippen molar-refractivity contribution in [2.75, 3.05) is 12.0 Å². The molecule has 92 valence electrons. The first-order valence-corrected chi connectivity index (χ1v) is 7.38. The molecule has 3 nitrogen and oxygen atoms in total. The van der Waals surface area contributed by atoms with Crippen molar-refractivity contribution < 1.29 is 8.63 Å². The Kier molecular flexibility index (Phi) is 3.97. The van der Waals surface area contributed by atoms with Crippen LogP contribution in [0.15, 0.2) is 34.9 Å². The molecule has 0 spiro atoms. The molecule has 0 bridgehead atoms. The van der Waals surface area contributed by atoms with Gasteiger partial charge in [-0.2, -0.15) is 0 Å². The van der Waals surface area contributed by atoms with Gasteiger partial charge in [-0.05, 0) is 13.0 Å². The molecule has 2 unspecified atom stereocenters. The largest absolute Gasteiger partial charge is 0.464 e. The fourth-order valence-electron chi connectivity index (χ4n) is 1.86. The topological polar surface area (TPSA) is 42.2 Å². The number of nitrogens with one attached hydrogen (secondary N) is 1. The molecule has 2 atom stereocenters. The average Bonchev–Trinajstić information content (AvgIpc) is 2.69. The molecule has 0 amide bonds. The van der Waals surface area contributed by atoms with Crippen LogP contribution in [0.5, 0.6) is 0 Å². The number of hydrogen-bond donors (Lipinski definition) is 1. The molecule has 0 radical (unpaired) electrons. The molecule has 2 aromatic rings. The normalized spacial score (nSPS) is 14.9. The van der Waals surface area contributed by atoms with Crippen LogP contribution in [0.2, 0.25) is 0 Å². The van der Waals surface area contributed by atoms with Crippen molar-refractivity contribution >= 4 is 21.8 Å². The molecule has 0 fully saturated rings. The fraction of sp³-hybridized carbons (Fsp3) is 0.385. The van der Waals surface area contributed by atoms with Crippen LogP contribution in [-0.2, 0) is 17.3 Å². The van der Waals surface area contributed by atoms with Crippen LogP contribution in [0.25, 0.3) is 11.0 Å². The van der Waals surface area contributed by atoms with Crippen molar-refractivity contribution in [1.82, 2.24) is 5.32 Å². The molecule has 1 N–H and O–H groups in total. The second kappa shape index (κ2) is 5.47. The Labute approximate surface area is 104 Å². The number of para-hydroxylation sites is 1. The molecule has 2 rings (SSSR count). The van der Waals surface area contributed by atoms with Crippen LogP contribution in [0, 0.1) is 0 Å². The maximum Gasteiger partial charge on any atom is 0.134 e. The Morgan fingerprint density at radius 1 is 1.41 bits per heavy atom. The Morgan fingerprint density at radius 2 is 2.18 bits per heavy atom. The highest BCUT2D eigenvalue weighted by Crippen LogP contribution is 2.20. The van der Waals surface area contributed by atoms with Crippen LogP contribution in [0.3, 0.4) is 0 Å². The van der Waals surface area contributed by atoms with Crippen LogP contribution in [0.1, 0.15) is 12.5 Å². The third kappa shape index (κ3) is 3.17. The van der Waals surface area contributed by atoms with Gasteiger partial charge < -0.3 is 9.73 Å². The summed E-state index contributed by atoms with van der Waals surface area (Å²) in [5.41, 5.74) is 2.06. The number of rotatable bonds is 5. The molecule has 1 aromatic heterocycles. The molecule has 17 heavy (non-hydrogen) atoms. The maximum atomic E-state index is 11.1. The van der Waals surface area contributed by atoms with E-state index in [0.29, 0.717) is 5.75 Å². The second-order valence-corrected chi connectivity index (χ2v) is 5.76. The van der Waals surface area contributed by atoms with E-state index in [0.717, 1.165) is 23.1 Å². The van der Waals surface area contributed by atoms with Gasteiger partial charge in [-0.1, -0.05) is 18.2 Å². The fourth-order valence-corrected chi connectivity index (χ4v) is 2.69. The van der Waals surface area contributed by atoms with Crippen LogP contribution in [-0.4, -0.2) is 22.3 Å². The molecule has 0 aliphatic heterocycles. The zero-order valence-corrected chi connectivity index (χ0v) is 10.9. The van der Waals surface area contributed by atoms with E-state index >= 15 is 0 Å². The zero-order valence-electron chi connectivity index (χ0n) is 10.1. The lowest BCUT2D eigenvalue weighted by atomic mass is 10.2. The van der Waals surface area contributed by atoms with E-state index in [1.165, 1.54) is 0 Å². The quantitative estimate of drug-likeness (QED) is 0.886. The molecular weight excluding hydrogens is 234 g/mol. The van der Waals surface area contributed by atoms with E-state index < -0.39 is 10.8 Å². The van der Waals surface area contributed by atoms with E-state index in [4.69, 9.17) is 4.42 Å². The van der Waals surface area contributed by atoms with Gasteiger partial charge in [0.05, 0.1) is 6.26 Å². The van der Waals surface area contributed by atoms with Gasteiger partial charge in [0, 0.05) is 46.3 Å². The van der Waals surface area contributed by atoms with Gasteiger partial charge in [-0.15, -0.1) is 0 Å². The standard InChI is InChI=1S/C13H17NO2S/c1-10(9-17(2)15)14-7-11-8-16-13-6-4-3-5-12(11)13/h3-6,8,10,14H,7,9H2,1-2H3. The summed E-state index contributed by atoms with van der Waals surface area (Å²) in [6, 6.07) is 8.23. The second-order valence-electron chi connectivity index (χ2n) is 4.28. The number of benzene rings is 1. The first kappa shape index (κ1) is 12.3. The molecule has 0 saturated carbocycles. The summed E-state index contributed by atoms with van der Waals surface area (Å²) in [4.78, 5) is 0. The third-order valence-corrected chi connectivity index (χ3v) is 3.66. The number of fused-ring (bicyclic) bond motifs is 1. The molecule has 0 aliphatic rings. The Balaban J connectivity index is 2.02. The lowest BCUT2D eigenvalue weighted by Crippen LogP contribution is -2.30. The van der Waals surface area contributed by atoms with Gasteiger partial charge in [-0.3, -0.25) is 4.21 Å². The molecule has 4 heteroatoms. The summed E-state index contributed by atoms with van der Waals surface area (Å²) in [7, 11) is -0.757. The predicted octanol–water partition coefficient (Wildman–Crippen LogP) is 2.29. The van der Waals surface area contributed by atoms with Gasteiger partial charge >= 0.3 is 0 Å². The number of furan rings is 1. The minimum atomic E-state index is -0.757. The summed E-state index contributed by atoms with van der Waals surface area (Å²) < 4.78 is 16.5. The van der Waals surface area contributed by atoms with Gasteiger partial charge in [0.15, 0.2) is 0 Å². The van der Waals surface area contributed by atoms with Gasteiger partial charge in [0.25, 0.3) is 0 Å². The van der Waals surface area contributed by atoms with Crippen LogP contribution in [0.4, 0.5) is 0 Å². The molecule has 0 saturated heterocycles. The lowest BCUT2D eigenvalue weighted by molar-refractivity contribution is 0.572. The van der Waals surface area contributed by atoms with E-state index in [2.05, 4.69) is 11.4 Å². The molecular formula is C13H17NO2S. The van der Waals surface area contributed by atoms with Gasteiger partial charge in [0.2, 0.25) is 0 Å². The van der Waals surface area contributed by atoms with Crippen molar-refractivity contribution in [3.63, 3.8) is 0 Å². The third-order valence-electron chi connectivity index (χ3n) is 2.69. The predicted molar refractivity (Wildman–Crippen MR) is 71.4 cm³/mol. The molecule has 1 heterocycles. The maximum absolute atomic E-state index is 11.1. The van der Waals surface area contributed by atoms with Crippen molar-refractivity contribution in [2.24, 2.45) is 0 Å².